The normalized spacial score (nSPS) is 16.4. The first-order chi connectivity index (χ1) is 9.15. The van der Waals surface area contributed by atoms with Crippen LogP contribution >= 0.6 is 23.2 Å². The molecule has 0 atom stereocenters. The molecule has 0 saturated heterocycles. The highest BCUT2D eigenvalue weighted by atomic mass is 35.5. The smallest absolute Gasteiger partial charge is 0.0852 e. The van der Waals surface area contributed by atoms with Crippen molar-refractivity contribution in [3.05, 3.63) is 63.4 Å². The van der Waals surface area contributed by atoms with Crippen LogP contribution in [0.15, 0.2) is 36.5 Å². The Morgan fingerprint density at radius 2 is 1.79 bits per heavy atom. The van der Waals surface area contributed by atoms with Crippen molar-refractivity contribution in [2.24, 2.45) is 0 Å². The second-order valence-electron chi connectivity index (χ2n) is 4.91. The molecule has 3 rings (SSSR count). The summed E-state index contributed by atoms with van der Waals surface area (Å²) in [7, 11) is 0. The largest absolute Gasteiger partial charge is 0.390 e. The van der Waals surface area contributed by atoms with Gasteiger partial charge in [0.15, 0.2) is 0 Å². The van der Waals surface area contributed by atoms with Gasteiger partial charge >= 0.3 is 0 Å². The van der Waals surface area contributed by atoms with Crippen molar-refractivity contribution in [3.63, 3.8) is 0 Å². The molecule has 1 aromatic carbocycles. The first kappa shape index (κ1) is 12.9. The average Bonchev–Trinajstić information content (AvgIpc) is 3.24. The third-order valence-electron chi connectivity index (χ3n) is 3.76. The van der Waals surface area contributed by atoms with Crippen molar-refractivity contribution in [1.29, 1.82) is 0 Å². The molecule has 4 heteroatoms. The summed E-state index contributed by atoms with van der Waals surface area (Å²) in [6.07, 6.45) is 4.03. The molecule has 0 aliphatic heterocycles. The molecule has 2 aromatic rings. The Morgan fingerprint density at radius 3 is 2.32 bits per heavy atom. The van der Waals surface area contributed by atoms with Gasteiger partial charge in [-0.1, -0.05) is 35.3 Å². The van der Waals surface area contributed by atoms with E-state index in [-0.39, 0.29) is 12.0 Å². The van der Waals surface area contributed by atoms with E-state index >= 15 is 0 Å². The fraction of sp³-hybridized carbons (Fsp3) is 0.267. The summed E-state index contributed by atoms with van der Waals surface area (Å²) >= 11 is 12.1. The molecule has 1 fully saturated rings. The predicted octanol–water partition coefficient (Wildman–Crippen LogP) is 3.96. The summed E-state index contributed by atoms with van der Waals surface area (Å²) in [5, 5.41) is 10.2. The van der Waals surface area contributed by atoms with Crippen LogP contribution in [0.1, 0.15) is 29.7 Å². The van der Waals surface area contributed by atoms with E-state index in [4.69, 9.17) is 28.3 Å². The maximum absolute atomic E-state index is 9.04. The number of halogens is 2. The number of hydrogen-bond acceptors (Lipinski definition) is 2. The Morgan fingerprint density at radius 1 is 1.05 bits per heavy atom. The number of aromatic nitrogens is 1. The first-order valence-electron chi connectivity index (χ1n) is 6.17. The maximum Gasteiger partial charge on any atom is 0.0852 e. The number of aliphatic hydroxyl groups excluding tert-OH is 1. The van der Waals surface area contributed by atoms with Crippen LogP contribution in [-0.2, 0) is 12.0 Å². The standard InChI is InChI=1S/C15H13Cl2NO/c16-13-4-2-10(7-14(13)17)15(5-6-15)11-1-3-12(9-19)18-8-11/h1-4,7-8,19H,5-6,9H2. The van der Waals surface area contributed by atoms with Gasteiger partial charge in [-0.15, -0.1) is 0 Å². The molecule has 98 valence electrons. The SMILES string of the molecule is OCc1ccc(C2(c3ccc(Cl)c(Cl)c3)CC2)cn1. The molecule has 1 heterocycles. The van der Waals surface area contributed by atoms with Crippen LogP contribution in [0, 0.1) is 0 Å². The van der Waals surface area contributed by atoms with Crippen molar-refractivity contribution in [1.82, 2.24) is 4.98 Å². The first-order valence-corrected chi connectivity index (χ1v) is 6.93. The summed E-state index contributed by atoms with van der Waals surface area (Å²) in [5.74, 6) is 0. The molecule has 1 aromatic heterocycles. The quantitative estimate of drug-likeness (QED) is 0.929. The average molecular weight is 294 g/mol. The molecule has 0 unspecified atom stereocenters. The number of hydrogen-bond donors (Lipinski definition) is 1. The van der Waals surface area contributed by atoms with Gasteiger partial charge in [-0.3, -0.25) is 4.98 Å². The van der Waals surface area contributed by atoms with Crippen LogP contribution in [0.5, 0.6) is 0 Å². The molecule has 1 saturated carbocycles. The van der Waals surface area contributed by atoms with Gasteiger partial charge in [0.05, 0.1) is 22.3 Å². The summed E-state index contributed by atoms with van der Waals surface area (Å²) < 4.78 is 0. The predicted molar refractivity (Wildman–Crippen MR) is 76.6 cm³/mol. The lowest BCUT2D eigenvalue weighted by Crippen LogP contribution is -2.09. The van der Waals surface area contributed by atoms with E-state index in [0.29, 0.717) is 15.7 Å². The second-order valence-corrected chi connectivity index (χ2v) is 5.72. The summed E-state index contributed by atoms with van der Waals surface area (Å²) in [5.41, 5.74) is 3.06. The number of rotatable bonds is 3. The molecule has 1 aliphatic rings. The molecular weight excluding hydrogens is 281 g/mol. The number of aliphatic hydroxyl groups is 1. The highest BCUT2D eigenvalue weighted by Crippen LogP contribution is 2.53. The van der Waals surface area contributed by atoms with Crippen LogP contribution in [0.2, 0.25) is 10.0 Å². The Hall–Kier alpha value is -1.09. The van der Waals surface area contributed by atoms with Gasteiger partial charge in [0.1, 0.15) is 0 Å². The van der Waals surface area contributed by atoms with Crippen LogP contribution < -0.4 is 0 Å². The van der Waals surface area contributed by atoms with E-state index in [1.807, 2.05) is 36.5 Å². The molecular formula is C15H13Cl2NO. The highest BCUT2D eigenvalue weighted by molar-refractivity contribution is 6.42. The highest BCUT2D eigenvalue weighted by Gasteiger charge is 2.46. The minimum atomic E-state index is -0.0277. The fourth-order valence-corrected chi connectivity index (χ4v) is 2.76. The van der Waals surface area contributed by atoms with E-state index < -0.39 is 0 Å². The second kappa shape index (κ2) is 4.78. The lowest BCUT2D eigenvalue weighted by molar-refractivity contribution is 0.277. The van der Waals surface area contributed by atoms with Gasteiger partial charge in [-0.2, -0.15) is 0 Å². The molecule has 19 heavy (non-hydrogen) atoms. The van der Waals surface area contributed by atoms with Crippen LogP contribution in [0.25, 0.3) is 0 Å². The molecule has 0 spiro atoms. The molecule has 0 amide bonds. The third kappa shape index (κ3) is 2.25. The van der Waals surface area contributed by atoms with E-state index in [1.165, 1.54) is 11.1 Å². The Labute approximate surface area is 122 Å². The van der Waals surface area contributed by atoms with E-state index in [0.717, 1.165) is 12.8 Å². The van der Waals surface area contributed by atoms with Crippen LogP contribution in [-0.4, -0.2) is 10.1 Å². The number of benzene rings is 1. The zero-order valence-electron chi connectivity index (χ0n) is 10.2. The lowest BCUT2D eigenvalue weighted by atomic mass is 9.89. The zero-order valence-corrected chi connectivity index (χ0v) is 11.7. The van der Waals surface area contributed by atoms with Crippen molar-refractivity contribution < 1.29 is 5.11 Å². The minimum Gasteiger partial charge on any atom is -0.390 e. The van der Waals surface area contributed by atoms with Gasteiger partial charge in [0.2, 0.25) is 0 Å². The van der Waals surface area contributed by atoms with Gasteiger partial charge < -0.3 is 5.11 Å². The van der Waals surface area contributed by atoms with Crippen molar-refractivity contribution in [2.45, 2.75) is 24.9 Å². The van der Waals surface area contributed by atoms with E-state index in [1.54, 1.807) is 0 Å². The number of pyridine rings is 1. The summed E-state index contributed by atoms with van der Waals surface area (Å²) in [6, 6.07) is 9.72. The van der Waals surface area contributed by atoms with E-state index in [9.17, 15) is 0 Å². The van der Waals surface area contributed by atoms with Crippen LogP contribution in [0.4, 0.5) is 0 Å². The molecule has 0 radical (unpaired) electrons. The van der Waals surface area contributed by atoms with Gasteiger partial charge in [0, 0.05) is 11.6 Å². The van der Waals surface area contributed by atoms with E-state index in [2.05, 4.69) is 4.98 Å². The zero-order chi connectivity index (χ0) is 13.5. The Bertz CT molecular complexity index is 606. The van der Waals surface area contributed by atoms with Crippen molar-refractivity contribution in [2.75, 3.05) is 0 Å². The molecule has 1 aliphatic carbocycles. The Kier molecular flexibility index (Phi) is 3.25. The topological polar surface area (TPSA) is 33.1 Å². The monoisotopic (exact) mass is 293 g/mol. The lowest BCUT2D eigenvalue weighted by Gasteiger charge is -2.17. The molecule has 0 bridgehead atoms. The van der Waals surface area contributed by atoms with Crippen molar-refractivity contribution >= 4 is 23.2 Å². The molecule has 2 nitrogen and oxygen atoms in total. The minimum absolute atomic E-state index is 0.0230. The molecule has 1 N–H and O–H groups in total. The van der Waals surface area contributed by atoms with Crippen LogP contribution in [0.3, 0.4) is 0 Å². The Balaban J connectivity index is 1.99. The van der Waals surface area contributed by atoms with Gasteiger partial charge in [-0.25, -0.2) is 0 Å². The van der Waals surface area contributed by atoms with Crippen molar-refractivity contribution in [3.8, 4) is 0 Å². The summed E-state index contributed by atoms with van der Waals surface area (Å²) in [6.45, 7) is -0.0277. The van der Waals surface area contributed by atoms with Gasteiger partial charge in [-0.05, 0) is 42.2 Å². The maximum atomic E-state index is 9.04. The van der Waals surface area contributed by atoms with Gasteiger partial charge in [0.25, 0.3) is 0 Å². The third-order valence-corrected chi connectivity index (χ3v) is 4.50. The number of nitrogens with zero attached hydrogens (tertiary/aromatic N) is 1. The summed E-state index contributed by atoms with van der Waals surface area (Å²) in [4.78, 5) is 4.26. The fourth-order valence-electron chi connectivity index (χ4n) is 2.46.